The Morgan fingerprint density at radius 1 is 1.04 bits per heavy atom. The molecule has 0 bridgehead atoms. The lowest BCUT2D eigenvalue weighted by Gasteiger charge is -2.08. The summed E-state index contributed by atoms with van der Waals surface area (Å²) in [6.07, 6.45) is 3.90. The van der Waals surface area contributed by atoms with Crippen molar-refractivity contribution in [3.8, 4) is 17.5 Å². The van der Waals surface area contributed by atoms with E-state index in [1.807, 2.05) is 47.3 Å². The van der Waals surface area contributed by atoms with Crippen LogP contribution in [0.25, 0.3) is 5.69 Å². The van der Waals surface area contributed by atoms with Gasteiger partial charge in [-0.1, -0.05) is 0 Å². The van der Waals surface area contributed by atoms with Crippen LogP contribution in [0, 0.1) is 11.3 Å². The number of hydrogen-bond acceptors (Lipinski definition) is 3. The molecule has 0 saturated carbocycles. The van der Waals surface area contributed by atoms with Crippen LogP contribution in [0.1, 0.15) is 10.4 Å². The minimum atomic E-state index is -0.181. The summed E-state index contributed by atoms with van der Waals surface area (Å²) in [6.45, 7) is -0.000546. The highest BCUT2D eigenvalue weighted by Gasteiger charge is 2.06. The van der Waals surface area contributed by atoms with Crippen molar-refractivity contribution in [1.29, 1.82) is 5.26 Å². The van der Waals surface area contributed by atoms with E-state index in [1.165, 1.54) is 0 Å². The van der Waals surface area contributed by atoms with E-state index in [-0.39, 0.29) is 12.5 Å². The molecule has 1 aromatic heterocycles. The molecule has 118 valence electrons. The summed E-state index contributed by atoms with van der Waals surface area (Å²) in [7, 11) is 0. The number of nitriles is 1. The average molecular weight is 317 g/mol. The van der Waals surface area contributed by atoms with E-state index in [2.05, 4.69) is 5.32 Å². The van der Waals surface area contributed by atoms with Gasteiger partial charge in [0.25, 0.3) is 5.91 Å². The zero-order chi connectivity index (χ0) is 16.8. The predicted molar refractivity (Wildman–Crippen MR) is 91.3 cm³/mol. The Kier molecular flexibility index (Phi) is 4.59. The van der Waals surface area contributed by atoms with Gasteiger partial charge in [-0.2, -0.15) is 5.26 Å². The normalized spacial score (nSPS) is 9.96. The predicted octanol–water partition coefficient (Wildman–Crippen LogP) is 3.63. The molecule has 0 fully saturated rings. The quantitative estimate of drug-likeness (QED) is 0.781. The van der Waals surface area contributed by atoms with Gasteiger partial charge in [0.2, 0.25) is 0 Å². The molecule has 3 aromatic rings. The van der Waals surface area contributed by atoms with E-state index in [0.29, 0.717) is 17.0 Å². The number of nitrogens with zero attached hydrogens (tertiary/aromatic N) is 2. The second kappa shape index (κ2) is 7.16. The van der Waals surface area contributed by atoms with Crippen molar-refractivity contribution in [1.82, 2.24) is 4.57 Å². The van der Waals surface area contributed by atoms with Gasteiger partial charge >= 0.3 is 0 Å². The fourth-order valence-corrected chi connectivity index (χ4v) is 2.24. The fourth-order valence-electron chi connectivity index (χ4n) is 2.24. The summed E-state index contributed by atoms with van der Waals surface area (Å²) in [5.41, 5.74) is 2.24. The molecule has 0 aliphatic heterocycles. The van der Waals surface area contributed by atoms with Gasteiger partial charge in [0, 0.05) is 29.3 Å². The number of nitrogens with one attached hydrogen (secondary N) is 1. The van der Waals surface area contributed by atoms with Gasteiger partial charge in [-0.15, -0.1) is 0 Å². The second-order valence-corrected chi connectivity index (χ2v) is 5.06. The highest BCUT2D eigenvalue weighted by Crippen LogP contribution is 2.17. The van der Waals surface area contributed by atoms with Gasteiger partial charge in [-0.05, 0) is 60.7 Å². The first-order chi connectivity index (χ1) is 11.8. The second-order valence-electron chi connectivity index (χ2n) is 5.06. The molecular weight excluding hydrogens is 302 g/mol. The third kappa shape index (κ3) is 3.62. The zero-order valence-electron chi connectivity index (χ0n) is 12.8. The number of hydrogen-bond donors (Lipinski definition) is 1. The van der Waals surface area contributed by atoms with Gasteiger partial charge in [0.15, 0.2) is 6.61 Å². The third-order valence-corrected chi connectivity index (χ3v) is 3.45. The van der Waals surface area contributed by atoms with E-state index < -0.39 is 0 Å². The molecule has 5 nitrogen and oxygen atoms in total. The van der Waals surface area contributed by atoms with Gasteiger partial charge in [0.05, 0.1) is 0 Å². The summed E-state index contributed by atoms with van der Waals surface area (Å²) < 4.78 is 7.15. The smallest absolute Gasteiger partial charge is 0.255 e. The molecule has 1 heterocycles. The monoisotopic (exact) mass is 317 g/mol. The van der Waals surface area contributed by atoms with E-state index in [4.69, 9.17) is 10.00 Å². The Morgan fingerprint density at radius 2 is 1.71 bits per heavy atom. The lowest BCUT2D eigenvalue weighted by molar-refractivity contribution is 0.102. The molecule has 0 saturated heterocycles. The number of benzene rings is 2. The van der Waals surface area contributed by atoms with Crippen molar-refractivity contribution in [3.05, 3.63) is 78.6 Å². The Hall–Kier alpha value is -3.52. The SMILES string of the molecule is N#CCOc1ccc(NC(=O)c2ccc(-n3cccc3)cc2)cc1. The number of carbonyl (C=O) groups is 1. The molecule has 1 amide bonds. The number of amides is 1. The Labute approximate surface area is 139 Å². The van der Waals surface area contributed by atoms with Crippen molar-refractivity contribution < 1.29 is 9.53 Å². The molecule has 1 N–H and O–H groups in total. The maximum absolute atomic E-state index is 12.3. The van der Waals surface area contributed by atoms with Crippen LogP contribution in [-0.4, -0.2) is 17.1 Å². The van der Waals surface area contributed by atoms with Crippen LogP contribution in [0.4, 0.5) is 5.69 Å². The van der Waals surface area contributed by atoms with Crippen LogP contribution in [-0.2, 0) is 0 Å². The first-order valence-corrected chi connectivity index (χ1v) is 7.41. The summed E-state index contributed by atoms with van der Waals surface area (Å²) in [6, 6.07) is 20.1. The van der Waals surface area contributed by atoms with E-state index in [1.54, 1.807) is 36.4 Å². The standard InChI is InChI=1S/C19H15N3O2/c20-11-14-24-18-9-5-16(6-10-18)21-19(23)15-3-7-17(8-4-15)22-12-1-2-13-22/h1-10,12-13H,14H2,(H,21,23). The Balaban J connectivity index is 1.65. The lowest BCUT2D eigenvalue weighted by Crippen LogP contribution is -2.11. The van der Waals surface area contributed by atoms with Crippen molar-refractivity contribution in [2.24, 2.45) is 0 Å². The van der Waals surface area contributed by atoms with Crippen molar-refractivity contribution in [3.63, 3.8) is 0 Å². The van der Waals surface area contributed by atoms with E-state index >= 15 is 0 Å². The molecule has 0 atom stereocenters. The number of rotatable bonds is 5. The van der Waals surface area contributed by atoms with Gasteiger partial charge in [-0.25, -0.2) is 0 Å². The summed E-state index contributed by atoms with van der Waals surface area (Å²) in [5.74, 6) is 0.408. The molecule has 0 radical (unpaired) electrons. The largest absolute Gasteiger partial charge is 0.479 e. The van der Waals surface area contributed by atoms with E-state index in [0.717, 1.165) is 5.69 Å². The molecule has 0 spiro atoms. The van der Waals surface area contributed by atoms with Gasteiger partial charge < -0.3 is 14.6 Å². The van der Waals surface area contributed by atoms with E-state index in [9.17, 15) is 4.79 Å². The molecule has 0 unspecified atom stereocenters. The first-order valence-electron chi connectivity index (χ1n) is 7.41. The summed E-state index contributed by atoms with van der Waals surface area (Å²) in [4.78, 5) is 12.3. The molecule has 24 heavy (non-hydrogen) atoms. The number of ether oxygens (including phenoxy) is 1. The minimum Gasteiger partial charge on any atom is -0.479 e. The molecule has 5 heteroatoms. The van der Waals surface area contributed by atoms with Crippen LogP contribution >= 0.6 is 0 Å². The van der Waals surface area contributed by atoms with Gasteiger partial charge in [0.1, 0.15) is 11.8 Å². The first kappa shape index (κ1) is 15.4. The topological polar surface area (TPSA) is 67.0 Å². The molecule has 3 rings (SSSR count). The number of anilines is 1. The summed E-state index contributed by atoms with van der Waals surface area (Å²) >= 11 is 0. The maximum Gasteiger partial charge on any atom is 0.255 e. The average Bonchev–Trinajstić information content (AvgIpc) is 3.16. The van der Waals surface area contributed by atoms with Crippen LogP contribution in [0.2, 0.25) is 0 Å². The highest BCUT2D eigenvalue weighted by molar-refractivity contribution is 6.04. The number of aromatic nitrogens is 1. The third-order valence-electron chi connectivity index (χ3n) is 3.45. The van der Waals surface area contributed by atoms with Crippen LogP contribution in [0.15, 0.2) is 73.1 Å². The fraction of sp³-hybridized carbons (Fsp3) is 0.0526. The minimum absolute atomic E-state index is 0.000546. The molecule has 0 aliphatic carbocycles. The molecular formula is C19H15N3O2. The number of carbonyl (C=O) groups excluding carboxylic acids is 1. The van der Waals surface area contributed by atoms with Crippen LogP contribution < -0.4 is 10.1 Å². The van der Waals surface area contributed by atoms with Crippen LogP contribution in [0.3, 0.4) is 0 Å². The maximum atomic E-state index is 12.3. The van der Waals surface area contributed by atoms with Crippen molar-refractivity contribution in [2.75, 3.05) is 11.9 Å². The highest BCUT2D eigenvalue weighted by atomic mass is 16.5. The zero-order valence-corrected chi connectivity index (χ0v) is 12.8. The molecule has 2 aromatic carbocycles. The van der Waals surface area contributed by atoms with Crippen molar-refractivity contribution in [2.45, 2.75) is 0 Å². The summed E-state index contributed by atoms with van der Waals surface area (Å²) in [5, 5.41) is 11.3. The lowest BCUT2D eigenvalue weighted by atomic mass is 10.2. The molecule has 0 aliphatic rings. The van der Waals surface area contributed by atoms with Gasteiger partial charge in [-0.3, -0.25) is 4.79 Å². The Bertz CT molecular complexity index is 845. The van der Waals surface area contributed by atoms with Crippen LogP contribution in [0.5, 0.6) is 5.75 Å². The van der Waals surface area contributed by atoms with Crippen molar-refractivity contribution >= 4 is 11.6 Å². The Morgan fingerprint density at radius 3 is 2.33 bits per heavy atom.